The molecule has 4 aromatic carbocycles. The summed E-state index contributed by atoms with van der Waals surface area (Å²) in [6, 6.07) is 16.7. The van der Waals surface area contributed by atoms with E-state index in [2.05, 4.69) is 121 Å². The molecule has 10 heteroatoms. The van der Waals surface area contributed by atoms with Crippen LogP contribution in [0.5, 0.6) is 23.0 Å². The molecule has 0 atom stereocenters. The Labute approximate surface area is 333 Å². The van der Waals surface area contributed by atoms with Gasteiger partial charge in [0, 0.05) is 44.2 Å². The summed E-state index contributed by atoms with van der Waals surface area (Å²) < 4.78 is 39.3. The van der Waals surface area contributed by atoms with Crippen molar-refractivity contribution in [1.29, 1.82) is 0 Å². The van der Waals surface area contributed by atoms with Gasteiger partial charge in [0.25, 0.3) is 6.85 Å². The fourth-order valence-electron chi connectivity index (χ4n) is 6.79. The SMILES string of the molecule is COc1cc(-c2cc(Op3oc4c(C(C)(C)C)cc(C)cc4c4cc(C)cc(C(C)(C)C)c4o3)c(C(C)(C)C)cc2OC)c(OP(Cl)Cl)c(C(C)(C)C)c1. The lowest BCUT2D eigenvalue weighted by Gasteiger charge is -2.28. The molecule has 1 heterocycles. The maximum Gasteiger partial charge on any atom is 0.453 e. The Kier molecular flexibility index (Phi) is 11.8. The fourth-order valence-corrected chi connectivity index (χ4v) is 8.65. The predicted molar refractivity (Wildman–Crippen MR) is 231 cm³/mol. The maximum atomic E-state index is 7.08. The predicted octanol–water partition coefficient (Wildman–Crippen LogP) is 15.7. The van der Waals surface area contributed by atoms with Gasteiger partial charge in [0.15, 0.2) is 0 Å². The second kappa shape index (κ2) is 15.2. The minimum Gasteiger partial charge on any atom is -0.497 e. The first-order valence-electron chi connectivity index (χ1n) is 18.2. The third-order valence-corrected chi connectivity index (χ3v) is 11.3. The van der Waals surface area contributed by atoms with Gasteiger partial charge in [-0.05, 0) is 106 Å². The number of aryl methyl sites for hydroxylation is 2. The molecule has 0 spiro atoms. The highest BCUT2D eigenvalue weighted by Gasteiger charge is 2.31. The average Bonchev–Trinajstić information content (AvgIpc) is 3.18. The first-order chi connectivity index (χ1) is 24.8. The summed E-state index contributed by atoms with van der Waals surface area (Å²) >= 11 is 12.8. The number of hydrogen-bond donors (Lipinski definition) is 0. The lowest BCUT2D eigenvalue weighted by molar-refractivity contribution is 0.408. The standard InChI is InChI=1S/C44H56Cl2O6P2/c1-25-17-29-30-18-26(2)20-34(43(9,10)11)40(30)52-54(51-39(29)33(19-25)42(6,7)8)49-37-23-28(36(48-16)24-32(37)41(3,4)5)31-21-27(47-15)22-35(44(12,13)14)38(31)50-53(45)46/h17-24H,1-16H3. The van der Waals surface area contributed by atoms with E-state index in [4.69, 9.17) is 49.4 Å². The number of fused-ring (bicyclic) bond motifs is 3. The van der Waals surface area contributed by atoms with E-state index in [0.29, 0.717) is 34.1 Å². The molecule has 292 valence electrons. The van der Waals surface area contributed by atoms with Crippen LogP contribution in [0, 0.1) is 13.8 Å². The Morgan fingerprint density at radius 3 is 1.43 bits per heavy atom. The average molecular weight is 814 g/mol. The van der Waals surface area contributed by atoms with Gasteiger partial charge in [0.1, 0.15) is 34.2 Å². The summed E-state index contributed by atoms with van der Waals surface area (Å²) in [6.45, 7) is 28.5. The van der Waals surface area contributed by atoms with E-state index in [1.807, 2.05) is 24.3 Å². The molecule has 0 aliphatic carbocycles. The van der Waals surface area contributed by atoms with Crippen LogP contribution in [0.1, 0.15) is 116 Å². The second-order valence-corrected chi connectivity index (χ2v) is 22.2. The Bertz CT molecular complexity index is 2170. The van der Waals surface area contributed by atoms with Gasteiger partial charge in [-0.15, -0.1) is 0 Å². The van der Waals surface area contributed by atoms with Crippen LogP contribution in [0.3, 0.4) is 0 Å². The van der Waals surface area contributed by atoms with Gasteiger partial charge in [-0.3, -0.25) is 0 Å². The molecule has 54 heavy (non-hydrogen) atoms. The smallest absolute Gasteiger partial charge is 0.453 e. The molecular weight excluding hydrogens is 757 g/mol. The van der Waals surface area contributed by atoms with Gasteiger partial charge in [-0.25, -0.2) is 0 Å². The van der Waals surface area contributed by atoms with Crippen molar-refractivity contribution in [2.45, 2.75) is 119 Å². The van der Waals surface area contributed by atoms with E-state index in [1.54, 1.807) is 14.2 Å². The molecule has 0 aliphatic rings. The van der Waals surface area contributed by atoms with Gasteiger partial charge >= 0.3 is 8.24 Å². The van der Waals surface area contributed by atoms with E-state index < -0.39 is 15.1 Å². The Morgan fingerprint density at radius 2 is 1.02 bits per heavy atom. The molecule has 0 saturated carbocycles. The topological polar surface area (TPSA) is 63.2 Å². The van der Waals surface area contributed by atoms with Crippen molar-refractivity contribution in [3.8, 4) is 34.1 Å². The monoisotopic (exact) mass is 812 g/mol. The Morgan fingerprint density at radius 1 is 0.537 bits per heavy atom. The van der Waals surface area contributed by atoms with Crippen LogP contribution in [0.15, 0.2) is 56.9 Å². The van der Waals surface area contributed by atoms with E-state index in [1.165, 1.54) is 0 Å². The molecule has 0 fully saturated rings. The summed E-state index contributed by atoms with van der Waals surface area (Å²) in [4.78, 5) is 0. The maximum absolute atomic E-state index is 7.08. The van der Waals surface area contributed by atoms with E-state index in [-0.39, 0.29) is 21.7 Å². The van der Waals surface area contributed by atoms with Crippen LogP contribution in [0.25, 0.3) is 33.1 Å². The lowest BCUT2D eigenvalue weighted by Crippen LogP contribution is -2.14. The van der Waals surface area contributed by atoms with Crippen molar-refractivity contribution >= 4 is 59.5 Å². The minimum absolute atomic E-state index is 0.222. The molecular formula is C44H56Cl2O6P2. The number of methoxy groups -OCH3 is 2. The number of halogens is 2. The second-order valence-electron chi connectivity index (χ2n) is 18.3. The summed E-state index contributed by atoms with van der Waals surface area (Å²) in [5, 5.41) is 1.99. The van der Waals surface area contributed by atoms with Crippen LogP contribution < -0.4 is 18.5 Å². The van der Waals surface area contributed by atoms with Gasteiger partial charge in [-0.1, -0.05) is 95.2 Å². The highest BCUT2D eigenvalue weighted by Crippen LogP contribution is 2.56. The van der Waals surface area contributed by atoms with Gasteiger partial charge in [-0.2, -0.15) is 0 Å². The molecule has 5 rings (SSSR count). The first-order valence-corrected chi connectivity index (χ1v) is 22.4. The van der Waals surface area contributed by atoms with Crippen molar-refractivity contribution < 1.29 is 26.9 Å². The van der Waals surface area contributed by atoms with E-state index >= 15 is 0 Å². The van der Waals surface area contributed by atoms with Crippen LogP contribution in [0.2, 0.25) is 0 Å². The van der Waals surface area contributed by atoms with E-state index in [0.717, 1.165) is 55.3 Å². The summed E-state index contributed by atoms with van der Waals surface area (Å²) in [7, 11) is 1.27. The zero-order valence-electron chi connectivity index (χ0n) is 34.7. The fraction of sp³-hybridized carbons (Fsp3) is 0.455. The summed E-state index contributed by atoms with van der Waals surface area (Å²) in [5.41, 5.74) is 8.09. The summed E-state index contributed by atoms with van der Waals surface area (Å²) in [6.07, 6.45) is 0. The number of hydrogen-bond acceptors (Lipinski definition) is 6. The minimum atomic E-state index is -2.04. The quantitative estimate of drug-likeness (QED) is 0.153. The van der Waals surface area contributed by atoms with E-state index in [9.17, 15) is 0 Å². The molecule has 1 aromatic heterocycles. The molecule has 0 aliphatic heterocycles. The molecule has 0 N–H and O–H groups in total. The van der Waals surface area contributed by atoms with Crippen LogP contribution in [0.4, 0.5) is 0 Å². The van der Waals surface area contributed by atoms with Gasteiger partial charge in [0.05, 0.1) is 14.2 Å². The number of benzene rings is 4. The molecule has 0 bridgehead atoms. The summed E-state index contributed by atoms with van der Waals surface area (Å²) in [5.74, 6) is 2.43. The Hall–Kier alpha value is -3.01. The highest BCUT2D eigenvalue weighted by molar-refractivity contribution is 8.00. The zero-order valence-corrected chi connectivity index (χ0v) is 38.0. The molecule has 0 amide bonds. The van der Waals surface area contributed by atoms with Gasteiger partial charge < -0.3 is 26.9 Å². The highest BCUT2D eigenvalue weighted by atomic mass is 35.9. The molecule has 6 nitrogen and oxygen atoms in total. The third kappa shape index (κ3) is 8.84. The zero-order chi connectivity index (χ0) is 40.3. The van der Waals surface area contributed by atoms with Crippen molar-refractivity contribution in [3.05, 3.63) is 81.9 Å². The van der Waals surface area contributed by atoms with Crippen molar-refractivity contribution in [2.75, 3.05) is 14.2 Å². The van der Waals surface area contributed by atoms with Crippen molar-refractivity contribution in [1.82, 2.24) is 0 Å². The van der Waals surface area contributed by atoms with Crippen LogP contribution >= 0.6 is 37.6 Å². The number of rotatable bonds is 7. The molecule has 5 aromatic rings. The van der Waals surface area contributed by atoms with Crippen LogP contribution in [-0.4, -0.2) is 14.2 Å². The normalized spacial score (nSPS) is 12.8. The van der Waals surface area contributed by atoms with Crippen LogP contribution in [-0.2, 0) is 21.7 Å². The Balaban J connectivity index is 1.95. The lowest BCUT2D eigenvalue weighted by atomic mass is 9.82. The first kappa shape index (κ1) is 42.1. The molecule has 0 radical (unpaired) electrons. The van der Waals surface area contributed by atoms with Gasteiger partial charge in [0.2, 0.25) is 0 Å². The van der Waals surface area contributed by atoms with Crippen molar-refractivity contribution in [3.63, 3.8) is 0 Å². The third-order valence-electron chi connectivity index (χ3n) is 9.54. The molecule has 0 saturated heterocycles. The van der Waals surface area contributed by atoms with Crippen molar-refractivity contribution in [2.24, 2.45) is 0 Å². The molecule has 0 unspecified atom stereocenters. The largest absolute Gasteiger partial charge is 0.497 e. The number of ether oxygens (including phenoxy) is 2.